The second-order valence-corrected chi connectivity index (χ2v) is 6.34. The SMILES string of the molecule is CC(=O)Nc1cccc(C(C)NC2CCCc3ccccc32)c1. The second kappa shape index (κ2) is 6.97. The minimum Gasteiger partial charge on any atom is -0.326 e. The molecule has 23 heavy (non-hydrogen) atoms. The van der Waals surface area contributed by atoms with E-state index in [1.165, 1.54) is 42.9 Å². The van der Waals surface area contributed by atoms with Crippen molar-refractivity contribution in [1.82, 2.24) is 5.32 Å². The maximum Gasteiger partial charge on any atom is 0.221 e. The lowest BCUT2D eigenvalue weighted by molar-refractivity contribution is -0.114. The number of anilines is 1. The Bertz CT molecular complexity index is 696. The summed E-state index contributed by atoms with van der Waals surface area (Å²) in [6, 6.07) is 17.5. The number of hydrogen-bond acceptors (Lipinski definition) is 2. The lowest BCUT2D eigenvalue weighted by Gasteiger charge is -2.29. The lowest BCUT2D eigenvalue weighted by Crippen LogP contribution is -2.27. The van der Waals surface area contributed by atoms with Gasteiger partial charge in [0.05, 0.1) is 0 Å². The van der Waals surface area contributed by atoms with E-state index in [1.54, 1.807) is 0 Å². The van der Waals surface area contributed by atoms with E-state index in [-0.39, 0.29) is 11.9 Å². The summed E-state index contributed by atoms with van der Waals surface area (Å²) in [6.45, 7) is 3.72. The van der Waals surface area contributed by atoms with E-state index in [0.717, 1.165) is 5.69 Å². The fourth-order valence-electron chi connectivity index (χ4n) is 3.41. The maximum atomic E-state index is 11.2. The highest BCUT2D eigenvalue weighted by atomic mass is 16.1. The summed E-state index contributed by atoms with van der Waals surface area (Å²) in [7, 11) is 0. The number of carbonyl (C=O) groups is 1. The van der Waals surface area contributed by atoms with Crippen molar-refractivity contribution < 1.29 is 4.79 Å². The maximum absolute atomic E-state index is 11.2. The van der Waals surface area contributed by atoms with Gasteiger partial charge in [0.25, 0.3) is 0 Å². The average molecular weight is 308 g/mol. The number of hydrogen-bond donors (Lipinski definition) is 2. The van der Waals surface area contributed by atoms with Gasteiger partial charge in [0, 0.05) is 24.7 Å². The molecule has 2 atom stereocenters. The molecule has 0 spiro atoms. The quantitative estimate of drug-likeness (QED) is 0.880. The summed E-state index contributed by atoms with van der Waals surface area (Å²) in [4.78, 5) is 11.2. The molecule has 3 nitrogen and oxygen atoms in total. The largest absolute Gasteiger partial charge is 0.326 e. The van der Waals surface area contributed by atoms with Crippen LogP contribution in [0.25, 0.3) is 0 Å². The number of amides is 1. The fraction of sp³-hybridized carbons (Fsp3) is 0.350. The molecule has 0 heterocycles. The van der Waals surface area contributed by atoms with E-state index < -0.39 is 0 Å². The zero-order chi connectivity index (χ0) is 16.2. The molecule has 0 saturated heterocycles. The second-order valence-electron chi connectivity index (χ2n) is 6.34. The van der Waals surface area contributed by atoms with E-state index in [1.807, 2.05) is 18.2 Å². The highest BCUT2D eigenvalue weighted by Gasteiger charge is 2.21. The molecule has 2 aromatic rings. The van der Waals surface area contributed by atoms with Crippen molar-refractivity contribution in [3.8, 4) is 0 Å². The highest BCUT2D eigenvalue weighted by molar-refractivity contribution is 5.88. The first-order valence-corrected chi connectivity index (χ1v) is 8.35. The lowest BCUT2D eigenvalue weighted by atomic mass is 9.87. The summed E-state index contributed by atoms with van der Waals surface area (Å²) in [5, 5.41) is 6.61. The van der Waals surface area contributed by atoms with Crippen molar-refractivity contribution in [2.75, 3.05) is 5.32 Å². The standard InChI is InChI=1S/C20H24N2O/c1-14(17-9-5-10-18(13-17)22-15(2)23)21-20-12-6-8-16-7-3-4-11-19(16)20/h3-5,7,9-11,13-14,20-21H,6,8,12H2,1-2H3,(H,22,23). The van der Waals surface area contributed by atoms with Crippen molar-refractivity contribution in [1.29, 1.82) is 0 Å². The van der Waals surface area contributed by atoms with Gasteiger partial charge in [0.1, 0.15) is 0 Å². The topological polar surface area (TPSA) is 41.1 Å². The number of carbonyl (C=O) groups excluding carboxylic acids is 1. The Morgan fingerprint density at radius 2 is 2.00 bits per heavy atom. The molecule has 0 fully saturated rings. The third-order valence-corrected chi connectivity index (χ3v) is 4.53. The van der Waals surface area contributed by atoms with Crippen molar-refractivity contribution in [3.05, 3.63) is 65.2 Å². The first kappa shape index (κ1) is 15.8. The summed E-state index contributed by atoms with van der Waals surface area (Å²) in [6.07, 6.45) is 3.58. The number of nitrogens with one attached hydrogen (secondary N) is 2. The van der Waals surface area contributed by atoms with Crippen molar-refractivity contribution in [3.63, 3.8) is 0 Å². The molecule has 3 rings (SSSR count). The molecule has 0 bridgehead atoms. The van der Waals surface area contributed by atoms with Gasteiger partial charge in [-0.05, 0) is 55.0 Å². The number of rotatable bonds is 4. The van der Waals surface area contributed by atoms with Crippen molar-refractivity contribution >= 4 is 11.6 Å². The first-order valence-electron chi connectivity index (χ1n) is 8.35. The smallest absolute Gasteiger partial charge is 0.221 e. The van der Waals surface area contributed by atoms with Crippen molar-refractivity contribution in [2.45, 2.75) is 45.2 Å². The van der Waals surface area contributed by atoms with Crippen LogP contribution in [-0.2, 0) is 11.2 Å². The molecule has 0 aromatic heterocycles. The predicted molar refractivity (Wildman–Crippen MR) is 94.4 cm³/mol. The molecule has 1 aliphatic carbocycles. The van der Waals surface area contributed by atoms with Crippen LogP contribution in [0.5, 0.6) is 0 Å². The van der Waals surface area contributed by atoms with Crippen LogP contribution in [-0.4, -0.2) is 5.91 Å². The van der Waals surface area contributed by atoms with E-state index >= 15 is 0 Å². The highest BCUT2D eigenvalue weighted by Crippen LogP contribution is 2.31. The zero-order valence-corrected chi connectivity index (χ0v) is 13.8. The van der Waals surface area contributed by atoms with Crippen LogP contribution in [0.1, 0.15) is 55.5 Å². The minimum absolute atomic E-state index is 0.0380. The van der Waals surface area contributed by atoms with Gasteiger partial charge in [-0.2, -0.15) is 0 Å². The van der Waals surface area contributed by atoms with E-state index in [2.05, 4.69) is 47.9 Å². The third kappa shape index (κ3) is 3.80. The third-order valence-electron chi connectivity index (χ3n) is 4.53. The van der Waals surface area contributed by atoms with Gasteiger partial charge >= 0.3 is 0 Å². The van der Waals surface area contributed by atoms with Crippen LogP contribution >= 0.6 is 0 Å². The molecule has 120 valence electrons. The van der Waals surface area contributed by atoms with Crippen LogP contribution in [0.4, 0.5) is 5.69 Å². The Morgan fingerprint density at radius 1 is 1.17 bits per heavy atom. The van der Waals surface area contributed by atoms with Gasteiger partial charge in [-0.3, -0.25) is 4.79 Å². The summed E-state index contributed by atoms with van der Waals surface area (Å²) in [5.74, 6) is -0.0380. The van der Waals surface area contributed by atoms with Gasteiger partial charge < -0.3 is 10.6 Å². The summed E-state index contributed by atoms with van der Waals surface area (Å²) in [5.41, 5.74) is 4.95. The Morgan fingerprint density at radius 3 is 2.83 bits per heavy atom. The monoisotopic (exact) mass is 308 g/mol. The first-order chi connectivity index (χ1) is 11.1. The predicted octanol–water partition coefficient (Wildman–Crippen LogP) is 4.37. The normalized spacial score (nSPS) is 18.1. The van der Waals surface area contributed by atoms with Crippen LogP contribution in [0.15, 0.2) is 48.5 Å². The Kier molecular flexibility index (Phi) is 4.77. The molecular formula is C20H24N2O. The Hall–Kier alpha value is -2.13. The van der Waals surface area contributed by atoms with Gasteiger partial charge in [0.15, 0.2) is 0 Å². The molecule has 2 unspecified atom stereocenters. The molecule has 2 aromatic carbocycles. The molecule has 0 radical (unpaired) electrons. The van der Waals surface area contributed by atoms with Crippen LogP contribution in [0.3, 0.4) is 0 Å². The van der Waals surface area contributed by atoms with Crippen LogP contribution < -0.4 is 10.6 Å². The van der Waals surface area contributed by atoms with Gasteiger partial charge in [-0.1, -0.05) is 36.4 Å². The summed E-state index contributed by atoms with van der Waals surface area (Å²) >= 11 is 0. The molecule has 1 amide bonds. The molecular weight excluding hydrogens is 284 g/mol. The van der Waals surface area contributed by atoms with Gasteiger partial charge in [-0.25, -0.2) is 0 Å². The fourth-order valence-corrected chi connectivity index (χ4v) is 3.41. The number of fused-ring (bicyclic) bond motifs is 1. The van der Waals surface area contributed by atoms with E-state index in [9.17, 15) is 4.79 Å². The molecule has 3 heteroatoms. The van der Waals surface area contributed by atoms with Crippen LogP contribution in [0.2, 0.25) is 0 Å². The average Bonchev–Trinajstić information content (AvgIpc) is 2.55. The number of benzene rings is 2. The van der Waals surface area contributed by atoms with Crippen molar-refractivity contribution in [2.24, 2.45) is 0 Å². The number of aryl methyl sites for hydroxylation is 1. The molecule has 0 saturated carbocycles. The van der Waals surface area contributed by atoms with Gasteiger partial charge in [0.2, 0.25) is 5.91 Å². The van der Waals surface area contributed by atoms with Gasteiger partial charge in [-0.15, -0.1) is 0 Å². The van der Waals surface area contributed by atoms with Crippen LogP contribution in [0, 0.1) is 0 Å². The zero-order valence-electron chi connectivity index (χ0n) is 13.8. The minimum atomic E-state index is -0.0380. The molecule has 2 N–H and O–H groups in total. The Balaban J connectivity index is 1.75. The van der Waals surface area contributed by atoms with E-state index in [4.69, 9.17) is 0 Å². The molecule has 1 aliphatic rings. The van der Waals surface area contributed by atoms with E-state index in [0.29, 0.717) is 6.04 Å². The summed E-state index contributed by atoms with van der Waals surface area (Å²) < 4.78 is 0. The Labute approximate surface area is 138 Å². The molecule has 0 aliphatic heterocycles.